The number of carbonyl (C=O) groups is 1. The molecule has 1 heterocycles. The van der Waals surface area contributed by atoms with Crippen LogP contribution in [-0.2, 0) is 4.79 Å². The van der Waals surface area contributed by atoms with Crippen molar-refractivity contribution in [2.45, 2.75) is 0 Å². The molecule has 50 valence electrons. The van der Waals surface area contributed by atoms with Crippen LogP contribution in [0.15, 0.2) is 11.8 Å². The van der Waals surface area contributed by atoms with E-state index in [1.165, 1.54) is 6.20 Å². The molecule has 0 fully saturated rings. The average Bonchev–Trinajstić information content (AvgIpc) is 2.14. The summed E-state index contributed by atoms with van der Waals surface area (Å²) in [7, 11) is 0. The van der Waals surface area contributed by atoms with Gasteiger partial charge in [-0.25, -0.2) is 0 Å². The van der Waals surface area contributed by atoms with Crippen LogP contribution in [0.4, 0.5) is 4.48 Å². The van der Waals surface area contributed by atoms with Crippen molar-refractivity contribution in [2.24, 2.45) is 5.73 Å². The summed E-state index contributed by atoms with van der Waals surface area (Å²) in [5.74, 6) is -0.595. The predicted molar refractivity (Wildman–Crippen MR) is 28.2 cm³/mol. The molecular weight excluding hydrogens is 125 g/mol. The third kappa shape index (κ3) is 1.17. The van der Waals surface area contributed by atoms with Crippen LogP contribution in [0.1, 0.15) is 0 Å². The molecule has 1 aliphatic heterocycles. The first-order valence-corrected chi connectivity index (χ1v) is 2.38. The first kappa shape index (κ1) is 6.03. The molecule has 0 radical (unpaired) electrons. The van der Waals surface area contributed by atoms with Gasteiger partial charge in [-0.3, -0.25) is 10.2 Å². The fourth-order valence-electron chi connectivity index (χ4n) is 0.538. The molecule has 1 amide bonds. The second-order valence-corrected chi connectivity index (χ2v) is 1.68. The van der Waals surface area contributed by atoms with Crippen molar-refractivity contribution in [3.8, 4) is 0 Å². The van der Waals surface area contributed by atoms with Gasteiger partial charge in [-0.05, 0) is 0 Å². The summed E-state index contributed by atoms with van der Waals surface area (Å²) in [5.41, 5.74) is 7.22. The molecule has 5 heteroatoms. The van der Waals surface area contributed by atoms with Crippen LogP contribution in [0.25, 0.3) is 0 Å². The highest BCUT2D eigenvalue weighted by Crippen LogP contribution is 2.02. The van der Waals surface area contributed by atoms with E-state index >= 15 is 0 Å². The summed E-state index contributed by atoms with van der Waals surface area (Å²) >= 11 is 0. The fraction of sp³-hybridized carbons (Fsp3) is 0.250. The highest BCUT2D eigenvalue weighted by atomic mass is 19.2. The zero-order valence-electron chi connectivity index (χ0n) is 4.60. The Morgan fingerprint density at radius 1 is 2.00 bits per heavy atom. The van der Waals surface area contributed by atoms with E-state index in [2.05, 4.69) is 5.43 Å². The molecule has 9 heavy (non-hydrogen) atoms. The highest BCUT2D eigenvalue weighted by Gasteiger charge is 2.15. The van der Waals surface area contributed by atoms with E-state index in [1.807, 2.05) is 0 Å². The molecule has 0 aromatic rings. The molecule has 1 rings (SSSR count). The van der Waals surface area contributed by atoms with Gasteiger partial charge in [-0.1, -0.05) is 5.23 Å². The third-order valence-corrected chi connectivity index (χ3v) is 1.00. The lowest BCUT2D eigenvalue weighted by molar-refractivity contribution is -0.115. The maximum Gasteiger partial charge on any atom is 0.247 e. The van der Waals surface area contributed by atoms with Gasteiger partial charge in [0.05, 0.1) is 12.1 Å². The molecule has 0 saturated heterocycles. The van der Waals surface area contributed by atoms with Crippen LogP contribution in [0.5, 0.6) is 0 Å². The molecule has 0 saturated carbocycles. The minimum Gasteiger partial charge on any atom is -0.366 e. The first-order chi connectivity index (χ1) is 4.20. The van der Waals surface area contributed by atoms with Crippen LogP contribution in [0.3, 0.4) is 0 Å². The van der Waals surface area contributed by atoms with Crippen molar-refractivity contribution >= 4 is 5.91 Å². The van der Waals surface area contributed by atoms with E-state index in [1.54, 1.807) is 0 Å². The number of nitrogens with one attached hydrogen (secondary N) is 1. The fourth-order valence-corrected chi connectivity index (χ4v) is 0.538. The molecule has 0 unspecified atom stereocenters. The minimum absolute atomic E-state index is 0.0741. The number of hydrazine groups is 1. The Labute approximate surface area is 51.0 Å². The van der Waals surface area contributed by atoms with Crippen LogP contribution in [-0.4, -0.2) is 17.7 Å². The molecule has 0 atom stereocenters. The number of amides is 1. The lowest BCUT2D eigenvalue weighted by atomic mass is 10.3. The van der Waals surface area contributed by atoms with Crippen LogP contribution >= 0.6 is 0 Å². The second-order valence-electron chi connectivity index (χ2n) is 1.68. The van der Waals surface area contributed by atoms with Gasteiger partial charge in [-0.15, -0.1) is 4.48 Å². The number of carbonyl (C=O) groups excluding carboxylic acids is 1. The van der Waals surface area contributed by atoms with E-state index in [9.17, 15) is 9.28 Å². The number of hydrogen-bond acceptors (Lipinski definition) is 3. The summed E-state index contributed by atoms with van der Waals surface area (Å²) in [5, 5.41) is 0.278. The molecule has 0 aromatic heterocycles. The Bertz CT molecular complexity index is 167. The van der Waals surface area contributed by atoms with Gasteiger partial charge in [0.1, 0.15) is 0 Å². The van der Waals surface area contributed by atoms with E-state index in [4.69, 9.17) is 5.73 Å². The predicted octanol–water partition coefficient (Wildman–Crippen LogP) is -0.940. The highest BCUT2D eigenvalue weighted by molar-refractivity contribution is 5.92. The normalized spacial score (nSPS) is 19.0. The molecule has 3 N–H and O–H groups in total. The lowest BCUT2D eigenvalue weighted by Gasteiger charge is -1.99. The van der Waals surface area contributed by atoms with Crippen molar-refractivity contribution in [3.63, 3.8) is 0 Å². The Hall–Kier alpha value is -1.10. The second kappa shape index (κ2) is 2.02. The van der Waals surface area contributed by atoms with Crippen molar-refractivity contribution in [1.29, 1.82) is 0 Å². The Balaban J connectivity index is 2.55. The van der Waals surface area contributed by atoms with Crippen LogP contribution < -0.4 is 11.2 Å². The van der Waals surface area contributed by atoms with E-state index in [0.29, 0.717) is 0 Å². The SMILES string of the molecule is NC(=O)C1=CNN(F)C1. The van der Waals surface area contributed by atoms with Gasteiger partial charge in [0, 0.05) is 6.20 Å². The third-order valence-electron chi connectivity index (χ3n) is 1.00. The van der Waals surface area contributed by atoms with Crippen molar-refractivity contribution < 1.29 is 9.28 Å². The number of nitrogens with zero attached hydrogens (tertiary/aromatic N) is 1. The Kier molecular flexibility index (Phi) is 1.35. The maximum absolute atomic E-state index is 12.0. The van der Waals surface area contributed by atoms with Gasteiger partial charge < -0.3 is 5.73 Å². The molecule has 0 spiro atoms. The van der Waals surface area contributed by atoms with E-state index < -0.39 is 5.91 Å². The molecule has 0 bridgehead atoms. The summed E-state index contributed by atoms with van der Waals surface area (Å²) in [6, 6.07) is 0. The Morgan fingerprint density at radius 3 is 2.89 bits per heavy atom. The average molecular weight is 131 g/mol. The van der Waals surface area contributed by atoms with E-state index in [-0.39, 0.29) is 17.3 Å². The first-order valence-electron chi connectivity index (χ1n) is 2.38. The van der Waals surface area contributed by atoms with Crippen molar-refractivity contribution in [1.82, 2.24) is 10.7 Å². The zero-order valence-corrected chi connectivity index (χ0v) is 4.60. The summed E-state index contributed by atoms with van der Waals surface area (Å²) in [6.07, 6.45) is 1.24. The molecule has 0 aromatic carbocycles. The molecular formula is C4H6FN3O. The number of rotatable bonds is 1. The number of primary amides is 1. The molecule has 4 nitrogen and oxygen atoms in total. The van der Waals surface area contributed by atoms with Gasteiger partial charge in [0.25, 0.3) is 0 Å². The van der Waals surface area contributed by atoms with Gasteiger partial charge in [0.15, 0.2) is 0 Å². The standard InChI is InChI=1S/C4H6FN3O/c5-8-2-3(1-7-8)4(6)9/h1,7H,2H2,(H2,6,9). The van der Waals surface area contributed by atoms with E-state index in [0.717, 1.165) is 0 Å². The smallest absolute Gasteiger partial charge is 0.247 e. The molecule has 0 aliphatic carbocycles. The van der Waals surface area contributed by atoms with Crippen molar-refractivity contribution in [3.05, 3.63) is 11.8 Å². The summed E-state index contributed by atoms with van der Waals surface area (Å²) in [6.45, 7) is -0.0741. The minimum atomic E-state index is -0.595. The Morgan fingerprint density at radius 2 is 2.67 bits per heavy atom. The number of nitrogens with two attached hydrogens (primary N) is 1. The summed E-state index contributed by atoms with van der Waals surface area (Å²) in [4.78, 5) is 10.3. The maximum atomic E-state index is 12.0. The zero-order chi connectivity index (χ0) is 6.85. The summed E-state index contributed by atoms with van der Waals surface area (Å²) < 4.78 is 12.0. The lowest BCUT2D eigenvalue weighted by Crippen LogP contribution is -2.22. The quantitative estimate of drug-likeness (QED) is 0.451. The monoisotopic (exact) mass is 131 g/mol. The van der Waals surface area contributed by atoms with Gasteiger partial charge >= 0.3 is 0 Å². The number of halogens is 1. The largest absolute Gasteiger partial charge is 0.366 e. The van der Waals surface area contributed by atoms with Gasteiger partial charge in [0.2, 0.25) is 5.91 Å². The topological polar surface area (TPSA) is 58.4 Å². The number of hydrogen-bond donors (Lipinski definition) is 2. The van der Waals surface area contributed by atoms with Crippen LogP contribution in [0.2, 0.25) is 0 Å². The molecule has 1 aliphatic rings. The van der Waals surface area contributed by atoms with Crippen molar-refractivity contribution in [2.75, 3.05) is 6.54 Å². The van der Waals surface area contributed by atoms with Gasteiger partial charge in [-0.2, -0.15) is 0 Å². The van der Waals surface area contributed by atoms with Crippen LogP contribution in [0, 0.1) is 0 Å².